The number of aryl methyl sites for hydroxylation is 1. The highest BCUT2D eigenvalue weighted by molar-refractivity contribution is 6.31. The van der Waals surface area contributed by atoms with Gasteiger partial charge in [0, 0.05) is 10.7 Å². The van der Waals surface area contributed by atoms with E-state index in [0.29, 0.717) is 39.6 Å². The molecule has 2 heterocycles. The minimum absolute atomic E-state index is 0.0507. The zero-order valence-electron chi connectivity index (χ0n) is 20.0. The Kier molecular flexibility index (Phi) is 5.78. The van der Waals surface area contributed by atoms with Crippen LogP contribution in [0.3, 0.4) is 0 Å². The number of halogens is 1. The van der Waals surface area contributed by atoms with E-state index in [0.717, 1.165) is 16.7 Å². The van der Waals surface area contributed by atoms with Crippen LogP contribution in [-0.4, -0.2) is 5.91 Å². The van der Waals surface area contributed by atoms with Crippen molar-refractivity contribution in [2.45, 2.75) is 19.6 Å². The fourth-order valence-electron chi connectivity index (χ4n) is 4.72. The van der Waals surface area contributed by atoms with Gasteiger partial charge >= 0.3 is 0 Å². The van der Waals surface area contributed by atoms with E-state index in [1.807, 2.05) is 85.8 Å². The molecule has 0 spiro atoms. The summed E-state index contributed by atoms with van der Waals surface area (Å²) in [5, 5.41) is 0.772. The second kappa shape index (κ2) is 9.26. The van der Waals surface area contributed by atoms with Gasteiger partial charge < -0.3 is 9.15 Å². The Morgan fingerprint density at radius 2 is 1.62 bits per heavy atom. The van der Waals surface area contributed by atoms with Gasteiger partial charge in [-0.1, -0.05) is 71.8 Å². The number of hydrogen-bond acceptors (Lipinski definition) is 4. The molecule has 0 saturated carbocycles. The van der Waals surface area contributed by atoms with Crippen molar-refractivity contribution in [3.05, 3.63) is 140 Å². The van der Waals surface area contributed by atoms with Crippen molar-refractivity contribution in [1.29, 1.82) is 0 Å². The number of hydrogen-bond donors (Lipinski definition) is 0. The summed E-state index contributed by atoms with van der Waals surface area (Å²) in [6.07, 6.45) is 0. The number of nitrogens with zero attached hydrogens (tertiary/aromatic N) is 1. The van der Waals surface area contributed by atoms with Crippen molar-refractivity contribution in [2.24, 2.45) is 0 Å². The number of carbonyl (C=O) groups is 1. The zero-order valence-corrected chi connectivity index (χ0v) is 20.7. The third-order valence-electron chi connectivity index (χ3n) is 6.59. The number of benzene rings is 4. The Bertz CT molecular complexity index is 1680. The molecule has 5 nitrogen and oxygen atoms in total. The van der Waals surface area contributed by atoms with Gasteiger partial charge in [-0.2, -0.15) is 0 Å². The fraction of sp³-hybridized carbons (Fsp3) is 0.0968. The summed E-state index contributed by atoms with van der Waals surface area (Å²) in [5.41, 5.74) is 3.95. The van der Waals surface area contributed by atoms with Crippen molar-refractivity contribution < 1.29 is 13.9 Å². The normalized spacial score (nSPS) is 14.7. The number of fused-ring (bicyclic) bond motifs is 2. The maximum absolute atomic E-state index is 13.7. The van der Waals surface area contributed by atoms with Gasteiger partial charge in [0.1, 0.15) is 17.9 Å². The molecule has 1 aliphatic heterocycles. The summed E-state index contributed by atoms with van der Waals surface area (Å²) in [6.45, 7) is 2.42. The van der Waals surface area contributed by atoms with Gasteiger partial charge in [0.15, 0.2) is 5.43 Å². The minimum atomic E-state index is -0.659. The summed E-state index contributed by atoms with van der Waals surface area (Å²) >= 11 is 6.18. The molecule has 1 amide bonds. The van der Waals surface area contributed by atoms with Crippen LogP contribution < -0.4 is 15.1 Å². The van der Waals surface area contributed by atoms with Gasteiger partial charge in [-0.3, -0.25) is 14.5 Å². The predicted molar refractivity (Wildman–Crippen MR) is 145 cm³/mol. The van der Waals surface area contributed by atoms with Crippen LogP contribution in [0.1, 0.15) is 38.9 Å². The lowest BCUT2D eigenvalue weighted by Crippen LogP contribution is -2.29. The van der Waals surface area contributed by atoms with Crippen molar-refractivity contribution in [3.8, 4) is 5.75 Å². The monoisotopic (exact) mass is 507 g/mol. The number of ether oxygens (including phenoxy) is 1. The van der Waals surface area contributed by atoms with E-state index in [1.165, 1.54) is 0 Å². The van der Waals surface area contributed by atoms with E-state index >= 15 is 0 Å². The molecule has 1 aromatic heterocycles. The second-order valence-corrected chi connectivity index (χ2v) is 9.51. The number of amides is 1. The lowest BCUT2D eigenvalue weighted by Gasteiger charge is -2.25. The summed E-state index contributed by atoms with van der Waals surface area (Å²) in [6, 6.07) is 29.2. The molecular weight excluding hydrogens is 486 g/mol. The van der Waals surface area contributed by atoms with E-state index in [9.17, 15) is 9.59 Å². The van der Waals surface area contributed by atoms with Crippen LogP contribution in [0.25, 0.3) is 11.0 Å². The molecule has 0 radical (unpaired) electrons. The molecule has 6 rings (SSSR count). The molecule has 0 bridgehead atoms. The van der Waals surface area contributed by atoms with Crippen LogP contribution >= 0.6 is 11.6 Å². The highest BCUT2D eigenvalue weighted by atomic mass is 35.5. The topological polar surface area (TPSA) is 59.8 Å². The summed E-state index contributed by atoms with van der Waals surface area (Å²) < 4.78 is 12.0. The predicted octanol–water partition coefficient (Wildman–Crippen LogP) is 7.08. The molecule has 1 aliphatic rings. The molecule has 6 heteroatoms. The molecule has 0 aliphatic carbocycles. The van der Waals surface area contributed by atoms with Gasteiger partial charge in [0.05, 0.1) is 17.0 Å². The van der Waals surface area contributed by atoms with E-state index in [1.54, 1.807) is 23.1 Å². The van der Waals surface area contributed by atoms with Gasteiger partial charge in [-0.05, 0) is 60.5 Å². The smallest absolute Gasteiger partial charge is 0.295 e. The van der Waals surface area contributed by atoms with E-state index < -0.39 is 6.04 Å². The quantitative estimate of drug-likeness (QED) is 0.255. The number of anilines is 1. The van der Waals surface area contributed by atoms with Gasteiger partial charge in [-0.15, -0.1) is 0 Å². The fourth-order valence-corrected chi connectivity index (χ4v) is 4.89. The SMILES string of the molecule is Cc1ccc(N2C(=O)c3oc4ccc(Cl)cc4c(=O)c3C2c2ccc(OCc3ccccc3)cc2)cc1. The average molecular weight is 508 g/mol. The first-order valence-corrected chi connectivity index (χ1v) is 12.3. The highest BCUT2D eigenvalue weighted by Crippen LogP contribution is 2.41. The first-order valence-electron chi connectivity index (χ1n) is 11.9. The Morgan fingerprint density at radius 1 is 0.892 bits per heavy atom. The maximum atomic E-state index is 13.7. The van der Waals surface area contributed by atoms with E-state index in [4.69, 9.17) is 20.8 Å². The molecule has 1 unspecified atom stereocenters. The second-order valence-electron chi connectivity index (χ2n) is 9.07. The van der Waals surface area contributed by atoms with E-state index in [2.05, 4.69) is 0 Å². The largest absolute Gasteiger partial charge is 0.489 e. The Balaban J connectivity index is 1.44. The third kappa shape index (κ3) is 4.17. The minimum Gasteiger partial charge on any atom is -0.489 e. The van der Waals surface area contributed by atoms with Crippen LogP contribution in [0.2, 0.25) is 5.02 Å². The molecule has 0 fully saturated rings. The molecule has 0 N–H and O–H groups in total. The van der Waals surface area contributed by atoms with E-state index in [-0.39, 0.29) is 17.1 Å². The van der Waals surface area contributed by atoms with Crippen LogP contribution in [0, 0.1) is 6.92 Å². The standard InChI is InChI=1S/C31H22ClNO4/c1-19-7-12-23(13-8-19)33-28(21-9-14-24(15-10-21)36-18-20-5-3-2-4-6-20)27-29(34)25-17-22(32)11-16-26(25)37-30(27)31(33)35/h2-17,28H,18H2,1H3. The molecule has 5 aromatic rings. The van der Waals surface area contributed by atoms with Crippen LogP contribution in [-0.2, 0) is 6.61 Å². The molecular formula is C31H22ClNO4. The summed E-state index contributed by atoms with van der Waals surface area (Å²) in [5.74, 6) is 0.383. The molecule has 182 valence electrons. The number of carbonyl (C=O) groups excluding carboxylic acids is 1. The third-order valence-corrected chi connectivity index (χ3v) is 6.82. The molecule has 1 atom stereocenters. The summed E-state index contributed by atoms with van der Waals surface area (Å²) in [4.78, 5) is 29.1. The first kappa shape index (κ1) is 23.1. The lowest BCUT2D eigenvalue weighted by molar-refractivity contribution is 0.0971. The van der Waals surface area contributed by atoms with Crippen molar-refractivity contribution in [3.63, 3.8) is 0 Å². The number of rotatable bonds is 5. The van der Waals surface area contributed by atoms with Crippen molar-refractivity contribution in [2.75, 3.05) is 4.90 Å². The van der Waals surface area contributed by atoms with Gasteiger partial charge in [0.2, 0.25) is 5.76 Å². The molecule has 37 heavy (non-hydrogen) atoms. The van der Waals surface area contributed by atoms with Crippen molar-refractivity contribution >= 4 is 34.2 Å². The van der Waals surface area contributed by atoms with Crippen molar-refractivity contribution in [1.82, 2.24) is 0 Å². The maximum Gasteiger partial charge on any atom is 0.295 e. The van der Waals surface area contributed by atoms with Crippen LogP contribution in [0.4, 0.5) is 5.69 Å². The Labute approximate surface area is 218 Å². The average Bonchev–Trinajstić information content (AvgIpc) is 3.21. The lowest BCUT2D eigenvalue weighted by atomic mass is 9.98. The van der Waals surface area contributed by atoms with Gasteiger partial charge in [0.25, 0.3) is 5.91 Å². The Hall–Kier alpha value is -4.35. The first-order chi connectivity index (χ1) is 18.0. The zero-order chi connectivity index (χ0) is 25.5. The van der Waals surface area contributed by atoms with Crippen LogP contribution in [0.5, 0.6) is 5.75 Å². The Morgan fingerprint density at radius 3 is 2.35 bits per heavy atom. The summed E-state index contributed by atoms with van der Waals surface area (Å²) in [7, 11) is 0. The highest BCUT2D eigenvalue weighted by Gasteiger charge is 2.43. The van der Waals surface area contributed by atoms with Gasteiger partial charge in [-0.25, -0.2) is 0 Å². The molecule has 4 aromatic carbocycles. The van der Waals surface area contributed by atoms with Crippen LogP contribution in [0.15, 0.2) is 106 Å². The molecule has 0 saturated heterocycles.